The minimum absolute atomic E-state index is 0.0144. The predicted molar refractivity (Wildman–Crippen MR) is 91.2 cm³/mol. The number of rotatable bonds is 7. The zero-order valence-corrected chi connectivity index (χ0v) is 14.5. The highest BCUT2D eigenvalue weighted by molar-refractivity contribution is 7.84. The summed E-state index contributed by atoms with van der Waals surface area (Å²) < 4.78 is 17.5. The van der Waals surface area contributed by atoms with Gasteiger partial charge in [0.15, 0.2) is 0 Å². The quantitative estimate of drug-likeness (QED) is 0.845. The van der Waals surface area contributed by atoms with E-state index >= 15 is 0 Å². The zero-order valence-electron chi connectivity index (χ0n) is 13.7. The van der Waals surface area contributed by atoms with Crippen molar-refractivity contribution in [1.82, 2.24) is 10.3 Å². The molecule has 1 unspecified atom stereocenters. The van der Waals surface area contributed by atoms with E-state index in [1.165, 1.54) is 6.26 Å². The molecule has 0 aliphatic rings. The molecule has 0 fully saturated rings. The lowest BCUT2D eigenvalue weighted by molar-refractivity contribution is -0.118. The van der Waals surface area contributed by atoms with Crippen molar-refractivity contribution in [3.8, 4) is 11.5 Å². The fraction of sp³-hybridized carbons (Fsp3) is 0.412. The van der Waals surface area contributed by atoms with Crippen LogP contribution < -0.4 is 5.32 Å². The summed E-state index contributed by atoms with van der Waals surface area (Å²) in [5, 5.41) is 2.76. The van der Waals surface area contributed by atoms with Crippen molar-refractivity contribution in [1.29, 1.82) is 0 Å². The number of nitrogens with one attached hydrogen (secondary N) is 1. The second-order valence-electron chi connectivity index (χ2n) is 5.94. The molecule has 1 amide bonds. The molecular weight excluding hydrogens is 312 g/mol. The molecule has 2 rings (SSSR count). The van der Waals surface area contributed by atoms with Gasteiger partial charge in [-0.15, -0.1) is 0 Å². The molecule has 6 heteroatoms. The Balaban J connectivity index is 1.90. The number of aromatic nitrogens is 1. The molecule has 2 aromatic rings. The number of hydrogen-bond donors (Lipinski definition) is 1. The number of oxazole rings is 1. The van der Waals surface area contributed by atoms with Gasteiger partial charge in [-0.25, -0.2) is 4.98 Å². The standard InChI is InChI=1S/C17H22N2O3S/c1-12(2)8-18-16(20)11-23(21)10-15-9-22-17(19-15)14-6-4-13(3)5-7-14/h4-7,9,12H,8,10-11H2,1-3H3,(H,18,20). The molecule has 0 radical (unpaired) electrons. The number of carbonyl (C=O) groups excluding carboxylic acids is 1. The van der Waals surface area contributed by atoms with E-state index in [-0.39, 0.29) is 17.4 Å². The van der Waals surface area contributed by atoms with Gasteiger partial charge in [0.05, 0.1) is 11.4 Å². The summed E-state index contributed by atoms with van der Waals surface area (Å²) in [5.74, 6) is 0.879. The molecule has 1 aromatic carbocycles. The molecule has 0 aliphatic heterocycles. The molecule has 0 bridgehead atoms. The van der Waals surface area contributed by atoms with Crippen LogP contribution in [0.5, 0.6) is 0 Å². The third-order valence-electron chi connectivity index (χ3n) is 3.16. The van der Waals surface area contributed by atoms with Crippen LogP contribution in [-0.2, 0) is 21.3 Å². The van der Waals surface area contributed by atoms with E-state index in [4.69, 9.17) is 4.42 Å². The first kappa shape index (κ1) is 17.4. The fourth-order valence-electron chi connectivity index (χ4n) is 1.93. The van der Waals surface area contributed by atoms with Crippen LogP contribution in [-0.4, -0.2) is 27.4 Å². The first-order chi connectivity index (χ1) is 10.9. The molecule has 1 N–H and O–H groups in total. The Labute approximate surface area is 139 Å². The van der Waals surface area contributed by atoms with Gasteiger partial charge in [-0.05, 0) is 25.0 Å². The molecule has 1 heterocycles. The first-order valence-corrected chi connectivity index (χ1v) is 9.06. The summed E-state index contributed by atoms with van der Waals surface area (Å²) in [6.45, 7) is 6.63. The van der Waals surface area contributed by atoms with E-state index < -0.39 is 10.8 Å². The predicted octanol–water partition coefficient (Wildman–Crippen LogP) is 2.67. The molecule has 0 spiro atoms. The molecular formula is C17H22N2O3S. The van der Waals surface area contributed by atoms with Crippen LogP contribution in [0, 0.1) is 12.8 Å². The number of carbonyl (C=O) groups is 1. The normalized spacial score (nSPS) is 12.3. The van der Waals surface area contributed by atoms with Crippen molar-refractivity contribution in [2.24, 2.45) is 5.92 Å². The Morgan fingerprint density at radius 3 is 2.65 bits per heavy atom. The molecule has 0 saturated heterocycles. The maximum atomic E-state index is 12.0. The van der Waals surface area contributed by atoms with Gasteiger partial charge in [-0.3, -0.25) is 9.00 Å². The Kier molecular flexibility index (Phi) is 6.10. The van der Waals surface area contributed by atoms with Crippen molar-refractivity contribution in [3.05, 3.63) is 41.8 Å². The molecule has 5 nitrogen and oxygen atoms in total. The molecule has 0 aliphatic carbocycles. The van der Waals surface area contributed by atoms with E-state index in [1.807, 2.05) is 45.0 Å². The highest BCUT2D eigenvalue weighted by Gasteiger charge is 2.13. The second-order valence-corrected chi connectivity index (χ2v) is 7.39. The minimum atomic E-state index is -1.30. The lowest BCUT2D eigenvalue weighted by Gasteiger charge is -2.06. The number of aryl methyl sites for hydroxylation is 1. The molecule has 124 valence electrons. The largest absolute Gasteiger partial charge is 0.444 e. The number of hydrogen-bond acceptors (Lipinski definition) is 4. The number of amides is 1. The zero-order chi connectivity index (χ0) is 16.8. The molecule has 1 atom stereocenters. The van der Waals surface area contributed by atoms with Crippen LogP contribution in [0.4, 0.5) is 0 Å². The average Bonchev–Trinajstić information content (AvgIpc) is 2.94. The van der Waals surface area contributed by atoms with Crippen LogP contribution in [0.25, 0.3) is 11.5 Å². The summed E-state index contributed by atoms with van der Waals surface area (Å²) >= 11 is 0. The smallest absolute Gasteiger partial charge is 0.232 e. The average molecular weight is 334 g/mol. The first-order valence-electron chi connectivity index (χ1n) is 7.57. The second kappa shape index (κ2) is 8.06. The maximum Gasteiger partial charge on any atom is 0.232 e. The van der Waals surface area contributed by atoms with E-state index in [2.05, 4.69) is 10.3 Å². The van der Waals surface area contributed by atoms with Crippen molar-refractivity contribution in [2.45, 2.75) is 26.5 Å². The number of benzene rings is 1. The highest BCUT2D eigenvalue weighted by atomic mass is 32.2. The van der Waals surface area contributed by atoms with Crippen molar-refractivity contribution >= 4 is 16.7 Å². The summed E-state index contributed by atoms with van der Waals surface area (Å²) in [4.78, 5) is 16.0. The summed E-state index contributed by atoms with van der Waals surface area (Å²) in [5.41, 5.74) is 2.63. The number of nitrogens with zero attached hydrogens (tertiary/aromatic N) is 1. The van der Waals surface area contributed by atoms with Crippen molar-refractivity contribution < 1.29 is 13.4 Å². The third kappa shape index (κ3) is 5.63. The lowest BCUT2D eigenvalue weighted by Crippen LogP contribution is -2.31. The SMILES string of the molecule is Cc1ccc(-c2nc(CS(=O)CC(=O)NCC(C)C)co2)cc1. The summed E-state index contributed by atoms with van der Waals surface area (Å²) in [6.07, 6.45) is 1.50. The van der Waals surface area contributed by atoms with Gasteiger partial charge in [0, 0.05) is 22.9 Å². The molecule has 1 aromatic heterocycles. The van der Waals surface area contributed by atoms with E-state index in [0.717, 1.165) is 11.1 Å². The molecule has 0 saturated carbocycles. The van der Waals surface area contributed by atoms with Gasteiger partial charge in [0.25, 0.3) is 0 Å². The summed E-state index contributed by atoms with van der Waals surface area (Å²) in [6, 6.07) is 7.83. The van der Waals surface area contributed by atoms with Crippen molar-refractivity contribution in [2.75, 3.05) is 12.3 Å². The van der Waals surface area contributed by atoms with Crippen LogP contribution in [0.3, 0.4) is 0 Å². The Hall–Kier alpha value is -1.95. The van der Waals surface area contributed by atoms with Crippen molar-refractivity contribution in [3.63, 3.8) is 0 Å². The van der Waals surface area contributed by atoms with E-state index in [1.54, 1.807) is 0 Å². The van der Waals surface area contributed by atoms with Gasteiger partial charge in [-0.1, -0.05) is 31.5 Å². The Bertz CT molecular complexity index is 677. The highest BCUT2D eigenvalue weighted by Crippen LogP contribution is 2.19. The van der Waals surface area contributed by atoms with Crippen LogP contribution in [0.15, 0.2) is 34.9 Å². The topological polar surface area (TPSA) is 72.2 Å². The van der Waals surface area contributed by atoms with Gasteiger partial charge >= 0.3 is 0 Å². The van der Waals surface area contributed by atoms with Crippen LogP contribution in [0.1, 0.15) is 25.1 Å². The fourth-order valence-corrected chi connectivity index (χ4v) is 2.89. The van der Waals surface area contributed by atoms with Crippen LogP contribution >= 0.6 is 0 Å². The van der Waals surface area contributed by atoms with Gasteiger partial charge < -0.3 is 9.73 Å². The lowest BCUT2D eigenvalue weighted by atomic mass is 10.1. The minimum Gasteiger partial charge on any atom is -0.444 e. The van der Waals surface area contributed by atoms with Crippen LogP contribution in [0.2, 0.25) is 0 Å². The van der Waals surface area contributed by atoms with E-state index in [9.17, 15) is 9.00 Å². The summed E-state index contributed by atoms with van der Waals surface area (Å²) in [7, 11) is -1.30. The van der Waals surface area contributed by atoms with E-state index in [0.29, 0.717) is 24.0 Å². The van der Waals surface area contributed by atoms with Gasteiger partial charge in [-0.2, -0.15) is 0 Å². The maximum absolute atomic E-state index is 12.0. The molecule has 23 heavy (non-hydrogen) atoms. The Morgan fingerprint density at radius 1 is 1.30 bits per heavy atom. The Morgan fingerprint density at radius 2 is 2.00 bits per heavy atom. The van der Waals surface area contributed by atoms with Gasteiger partial charge in [0.1, 0.15) is 12.0 Å². The van der Waals surface area contributed by atoms with Gasteiger partial charge in [0.2, 0.25) is 11.8 Å². The monoisotopic (exact) mass is 334 g/mol. The third-order valence-corrected chi connectivity index (χ3v) is 4.36.